The number of hydrogen-bond acceptors (Lipinski definition) is 4. The van der Waals surface area contributed by atoms with Gasteiger partial charge in [0.05, 0.1) is 18.3 Å². The van der Waals surface area contributed by atoms with E-state index in [1.165, 1.54) is 6.07 Å². The van der Waals surface area contributed by atoms with Crippen LogP contribution in [0.5, 0.6) is 5.75 Å². The molecule has 0 aliphatic carbocycles. The van der Waals surface area contributed by atoms with Crippen LogP contribution in [0.1, 0.15) is 30.6 Å². The Hall–Kier alpha value is -2.08. The van der Waals surface area contributed by atoms with Crippen LogP contribution in [-0.2, 0) is 4.79 Å². The molecule has 0 aliphatic rings. The molecule has 2 amide bonds. The first-order chi connectivity index (χ1) is 8.95. The molecule has 0 saturated heterocycles. The van der Waals surface area contributed by atoms with Gasteiger partial charge in [0.15, 0.2) is 0 Å². The normalized spacial score (nSPS) is 11.7. The fourth-order valence-corrected chi connectivity index (χ4v) is 1.37. The van der Waals surface area contributed by atoms with Crippen LogP contribution in [0.15, 0.2) is 18.2 Å². The third-order valence-corrected chi connectivity index (χ3v) is 2.40. The fraction of sp³-hybridized carbons (Fsp3) is 0.385. The first kappa shape index (κ1) is 15.0. The molecule has 0 saturated carbocycles. The van der Waals surface area contributed by atoms with Crippen molar-refractivity contribution in [3.8, 4) is 5.75 Å². The van der Waals surface area contributed by atoms with E-state index in [-0.39, 0.29) is 5.91 Å². The summed E-state index contributed by atoms with van der Waals surface area (Å²) in [5.74, 6) is -0.442. The Balaban J connectivity index is 3.03. The highest BCUT2D eigenvalue weighted by molar-refractivity contribution is 5.99. The Bertz CT molecular complexity index is 472. The molecule has 6 nitrogen and oxygen atoms in total. The first-order valence-corrected chi connectivity index (χ1v) is 6.08. The molecular weight excluding hydrogens is 246 g/mol. The summed E-state index contributed by atoms with van der Waals surface area (Å²) in [6.45, 7) is 4.05. The van der Waals surface area contributed by atoms with Crippen LogP contribution in [0.2, 0.25) is 0 Å². The van der Waals surface area contributed by atoms with Crippen LogP contribution >= 0.6 is 0 Å². The van der Waals surface area contributed by atoms with Crippen molar-refractivity contribution in [2.45, 2.75) is 26.3 Å². The van der Waals surface area contributed by atoms with Crippen molar-refractivity contribution in [1.29, 1.82) is 0 Å². The van der Waals surface area contributed by atoms with Gasteiger partial charge in [0, 0.05) is 5.56 Å². The SMILES string of the molecule is CCCOc1ccc(C(N)=O)cc1NC(=O)C(C)N. The third kappa shape index (κ3) is 4.26. The summed E-state index contributed by atoms with van der Waals surface area (Å²) in [5.41, 5.74) is 11.4. The average Bonchev–Trinajstić information content (AvgIpc) is 2.36. The second kappa shape index (κ2) is 6.75. The van der Waals surface area contributed by atoms with Crippen LogP contribution in [0.25, 0.3) is 0 Å². The van der Waals surface area contributed by atoms with E-state index in [9.17, 15) is 9.59 Å². The molecule has 0 heterocycles. The van der Waals surface area contributed by atoms with Gasteiger partial charge in [0.25, 0.3) is 0 Å². The van der Waals surface area contributed by atoms with E-state index >= 15 is 0 Å². The van der Waals surface area contributed by atoms with Gasteiger partial charge in [-0.2, -0.15) is 0 Å². The van der Waals surface area contributed by atoms with Crippen LogP contribution in [0, 0.1) is 0 Å². The number of carbonyl (C=O) groups is 2. The van der Waals surface area contributed by atoms with Crippen LogP contribution in [0.3, 0.4) is 0 Å². The number of ether oxygens (including phenoxy) is 1. The average molecular weight is 265 g/mol. The highest BCUT2D eigenvalue weighted by atomic mass is 16.5. The number of nitrogens with two attached hydrogens (primary N) is 2. The minimum Gasteiger partial charge on any atom is -0.491 e. The summed E-state index contributed by atoms with van der Waals surface area (Å²) in [6, 6.07) is 3.98. The van der Waals surface area contributed by atoms with Gasteiger partial charge in [0.1, 0.15) is 5.75 Å². The van der Waals surface area contributed by atoms with Crippen LogP contribution < -0.4 is 21.5 Å². The number of rotatable bonds is 6. The molecule has 19 heavy (non-hydrogen) atoms. The predicted octanol–water partition coefficient (Wildman–Crippen LogP) is 0.860. The van der Waals surface area contributed by atoms with E-state index in [0.717, 1.165) is 6.42 Å². The van der Waals surface area contributed by atoms with E-state index in [1.807, 2.05) is 6.92 Å². The molecule has 0 fully saturated rings. The summed E-state index contributed by atoms with van der Waals surface area (Å²) in [5, 5.41) is 2.62. The van der Waals surface area contributed by atoms with Crippen molar-refractivity contribution >= 4 is 17.5 Å². The molecule has 5 N–H and O–H groups in total. The minimum absolute atomic E-state index is 0.295. The van der Waals surface area contributed by atoms with Crippen LogP contribution in [-0.4, -0.2) is 24.5 Å². The molecule has 0 aliphatic heterocycles. The van der Waals surface area contributed by atoms with Crippen LogP contribution in [0.4, 0.5) is 5.69 Å². The third-order valence-electron chi connectivity index (χ3n) is 2.40. The maximum Gasteiger partial charge on any atom is 0.248 e. The van der Waals surface area contributed by atoms with E-state index in [2.05, 4.69) is 5.32 Å². The lowest BCUT2D eigenvalue weighted by molar-refractivity contribution is -0.117. The quantitative estimate of drug-likeness (QED) is 0.709. The second-order valence-corrected chi connectivity index (χ2v) is 4.20. The lowest BCUT2D eigenvalue weighted by atomic mass is 10.1. The van der Waals surface area contributed by atoms with Crippen molar-refractivity contribution in [1.82, 2.24) is 0 Å². The molecule has 1 atom stereocenters. The molecule has 0 aromatic heterocycles. The standard InChI is InChI=1S/C13H19N3O3/c1-3-6-19-11-5-4-9(12(15)17)7-10(11)16-13(18)8(2)14/h4-5,7-8H,3,6,14H2,1-2H3,(H2,15,17)(H,16,18). The monoisotopic (exact) mass is 265 g/mol. The van der Waals surface area contributed by atoms with Gasteiger partial charge in [-0.3, -0.25) is 9.59 Å². The Morgan fingerprint density at radius 3 is 2.63 bits per heavy atom. The Labute approximate surface area is 112 Å². The molecule has 0 radical (unpaired) electrons. The summed E-state index contributed by atoms with van der Waals surface area (Å²) in [6.07, 6.45) is 0.832. The Kier molecular flexibility index (Phi) is 5.32. The topological polar surface area (TPSA) is 107 Å². The zero-order valence-electron chi connectivity index (χ0n) is 11.1. The van der Waals surface area contributed by atoms with E-state index < -0.39 is 11.9 Å². The molecule has 104 valence electrons. The van der Waals surface area contributed by atoms with E-state index in [0.29, 0.717) is 23.6 Å². The van der Waals surface area contributed by atoms with Crippen molar-refractivity contribution < 1.29 is 14.3 Å². The van der Waals surface area contributed by atoms with E-state index in [1.54, 1.807) is 19.1 Å². The van der Waals surface area contributed by atoms with E-state index in [4.69, 9.17) is 16.2 Å². The zero-order chi connectivity index (χ0) is 14.4. The molecule has 6 heteroatoms. The highest BCUT2D eigenvalue weighted by Crippen LogP contribution is 2.26. The Morgan fingerprint density at radius 1 is 1.42 bits per heavy atom. The molecule has 1 aromatic carbocycles. The van der Waals surface area contributed by atoms with Gasteiger partial charge >= 0.3 is 0 Å². The molecule has 0 spiro atoms. The molecule has 0 bridgehead atoms. The van der Waals surface area contributed by atoms with Gasteiger partial charge in [0.2, 0.25) is 11.8 Å². The number of carbonyl (C=O) groups excluding carboxylic acids is 2. The van der Waals surface area contributed by atoms with Crippen molar-refractivity contribution in [2.75, 3.05) is 11.9 Å². The van der Waals surface area contributed by atoms with Gasteiger partial charge in [-0.15, -0.1) is 0 Å². The number of nitrogens with one attached hydrogen (secondary N) is 1. The molecular formula is C13H19N3O3. The molecule has 1 rings (SSSR count). The van der Waals surface area contributed by atoms with Crippen molar-refractivity contribution in [3.05, 3.63) is 23.8 Å². The smallest absolute Gasteiger partial charge is 0.248 e. The summed E-state index contributed by atoms with van der Waals surface area (Å²) in [4.78, 5) is 22.8. The maximum absolute atomic E-state index is 11.6. The number of benzene rings is 1. The highest BCUT2D eigenvalue weighted by Gasteiger charge is 2.13. The lowest BCUT2D eigenvalue weighted by Gasteiger charge is -2.14. The number of hydrogen-bond donors (Lipinski definition) is 3. The summed E-state index contributed by atoms with van der Waals surface area (Å²) in [7, 11) is 0. The molecule has 1 unspecified atom stereocenters. The van der Waals surface area contributed by atoms with Gasteiger partial charge in [-0.05, 0) is 31.5 Å². The largest absolute Gasteiger partial charge is 0.491 e. The summed E-state index contributed by atoms with van der Waals surface area (Å²) >= 11 is 0. The molecule has 1 aromatic rings. The zero-order valence-corrected chi connectivity index (χ0v) is 11.1. The Morgan fingerprint density at radius 2 is 2.11 bits per heavy atom. The number of primary amides is 1. The van der Waals surface area contributed by atoms with Crippen molar-refractivity contribution in [3.63, 3.8) is 0 Å². The second-order valence-electron chi connectivity index (χ2n) is 4.20. The fourth-order valence-electron chi connectivity index (χ4n) is 1.37. The maximum atomic E-state index is 11.6. The van der Waals surface area contributed by atoms with Gasteiger partial charge in [-0.1, -0.05) is 6.92 Å². The van der Waals surface area contributed by atoms with Gasteiger partial charge < -0.3 is 21.5 Å². The van der Waals surface area contributed by atoms with Gasteiger partial charge in [-0.25, -0.2) is 0 Å². The first-order valence-electron chi connectivity index (χ1n) is 6.08. The summed E-state index contributed by atoms with van der Waals surface area (Å²) < 4.78 is 5.49. The predicted molar refractivity (Wildman–Crippen MR) is 73.0 cm³/mol. The minimum atomic E-state index is -0.656. The number of anilines is 1. The lowest BCUT2D eigenvalue weighted by Crippen LogP contribution is -2.32. The van der Waals surface area contributed by atoms with Crippen molar-refractivity contribution in [2.24, 2.45) is 11.5 Å². The number of amides is 2.